The fourth-order valence-corrected chi connectivity index (χ4v) is 7.83. The van der Waals surface area contributed by atoms with E-state index in [2.05, 4.69) is 6.92 Å². The Balaban J connectivity index is 1.69. The van der Waals surface area contributed by atoms with Crippen LogP contribution in [0.2, 0.25) is 0 Å². The smallest absolute Gasteiger partial charge is 0.245 e. The van der Waals surface area contributed by atoms with Crippen molar-refractivity contribution < 1.29 is 19.6 Å². The number of hydrogen-bond acceptors (Lipinski definition) is 5. The van der Waals surface area contributed by atoms with E-state index in [0.717, 1.165) is 36.8 Å². The minimum atomic E-state index is -1.22. The van der Waals surface area contributed by atoms with E-state index in [9.17, 15) is 24.8 Å². The number of hydrogen-bond donors (Lipinski definition) is 1. The first-order chi connectivity index (χ1) is 16.7. The molecule has 0 spiro atoms. The Labute approximate surface area is 206 Å². The third-order valence-corrected chi connectivity index (χ3v) is 9.49. The van der Waals surface area contributed by atoms with Crippen molar-refractivity contribution in [3.63, 3.8) is 0 Å². The molecule has 0 radical (unpaired) electrons. The number of allylic oxidation sites excluding steroid dienone is 4. The summed E-state index contributed by atoms with van der Waals surface area (Å²) in [5, 5.41) is 22.1. The van der Waals surface area contributed by atoms with Crippen molar-refractivity contribution in [2.24, 2.45) is 17.3 Å². The molecule has 6 heteroatoms. The van der Waals surface area contributed by atoms with Crippen LogP contribution in [0.3, 0.4) is 0 Å². The second-order valence-corrected chi connectivity index (χ2v) is 11.0. The molecule has 0 bridgehead atoms. The summed E-state index contributed by atoms with van der Waals surface area (Å²) >= 11 is 0. The maximum Gasteiger partial charge on any atom is 0.245 e. The highest BCUT2D eigenvalue weighted by Crippen LogP contribution is 2.67. The van der Waals surface area contributed by atoms with E-state index >= 15 is 0 Å². The van der Waals surface area contributed by atoms with Gasteiger partial charge in [0.15, 0.2) is 11.6 Å². The topological polar surface area (TPSA) is 97.5 Å². The third kappa shape index (κ3) is 3.56. The quantitative estimate of drug-likeness (QED) is 0.268. The van der Waals surface area contributed by atoms with Gasteiger partial charge in [0, 0.05) is 34.7 Å². The van der Waals surface area contributed by atoms with Gasteiger partial charge in [-0.3, -0.25) is 19.7 Å². The molecule has 5 rings (SSSR count). The fourth-order valence-electron chi connectivity index (χ4n) is 7.83. The van der Waals surface area contributed by atoms with E-state index < -0.39 is 11.0 Å². The number of carbonyl (C=O) groups excluding carboxylic acids is 2. The summed E-state index contributed by atoms with van der Waals surface area (Å²) < 4.78 is 0. The second-order valence-electron chi connectivity index (χ2n) is 11.0. The van der Waals surface area contributed by atoms with Crippen molar-refractivity contribution in [3.8, 4) is 0 Å². The molecule has 1 aromatic carbocycles. The van der Waals surface area contributed by atoms with Crippen LogP contribution < -0.4 is 0 Å². The van der Waals surface area contributed by atoms with Crippen molar-refractivity contribution in [2.45, 2.75) is 70.3 Å². The first-order valence-corrected chi connectivity index (χ1v) is 12.7. The number of carbonyl (C=O) groups is 2. The third-order valence-electron chi connectivity index (χ3n) is 9.49. The second kappa shape index (κ2) is 8.66. The van der Waals surface area contributed by atoms with Gasteiger partial charge in [0.1, 0.15) is 0 Å². The SMILES string of the molecule is CC(=O)c1ccc([C@H]2C[C@@]3(C)C(CCC3(/C=C/CO)[N+](=O)[O-])C3CCC4=CC(=O)CCC4=C32)cc1. The molecule has 4 aliphatic rings. The Bertz CT molecular complexity index is 1180. The molecular weight excluding hydrogens is 442 g/mol. The molecule has 184 valence electrons. The standard InChI is InChI=1S/C29H33NO5/c1-18(32)19-4-6-20(7-5-19)25-17-28(2)26(12-14-29(28,30(34)35)13-3-15-31)24-10-8-21-16-22(33)9-11-23(21)27(24)25/h3-7,13,16,24-26,31H,8-12,14-15,17H2,1-2H3/b13-3+/t24?,25-,26?,28+,29?/m1/s1. The number of aliphatic hydroxyl groups is 1. The molecule has 1 N–H and O–H groups in total. The number of nitro groups is 1. The lowest BCUT2D eigenvalue weighted by atomic mass is 9.50. The minimum absolute atomic E-state index is 0.00545. The van der Waals surface area contributed by atoms with E-state index in [1.807, 2.05) is 30.3 Å². The minimum Gasteiger partial charge on any atom is -0.392 e. The molecule has 0 aromatic heterocycles. The largest absolute Gasteiger partial charge is 0.392 e. The molecule has 1 aromatic rings. The molecule has 35 heavy (non-hydrogen) atoms. The number of Topliss-reactive ketones (excluding diaryl/α,β-unsaturated/α-hetero) is 1. The summed E-state index contributed by atoms with van der Waals surface area (Å²) in [5.74, 6) is 0.599. The van der Waals surface area contributed by atoms with E-state index in [-0.39, 0.29) is 40.9 Å². The molecule has 6 nitrogen and oxygen atoms in total. The average Bonchev–Trinajstić information content (AvgIpc) is 3.14. The highest BCUT2D eigenvalue weighted by molar-refractivity contribution is 5.94. The monoisotopic (exact) mass is 475 g/mol. The van der Waals surface area contributed by atoms with Gasteiger partial charge in [-0.05, 0) is 79.7 Å². The van der Waals surface area contributed by atoms with Gasteiger partial charge < -0.3 is 5.11 Å². The van der Waals surface area contributed by atoms with Gasteiger partial charge in [-0.15, -0.1) is 0 Å². The zero-order valence-electron chi connectivity index (χ0n) is 20.5. The summed E-state index contributed by atoms with van der Waals surface area (Å²) in [5.41, 5.74) is 3.77. The van der Waals surface area contributed by atoms with E-state index in [1.54, 1.807) is 13.0 Å². The first kappa shape index (κ1) is 23.9. The van der Waals surface area contributed by atoms with E-state index in [1.165, 1.54) is 17.2 Å². The predicted molar refractivity (Wildman–Crippen MR) is 133 cm³/mol. The molecule has 5 atom stereocenters. The van der Waals surface area contributed by atoms with Crippen LogP contribution in [0.4, 0.5) is 0 Å². The van der Waals surface area contributed by atoms with Crippen LogP contribution in [0.25, 0.3) is 0 Å². The van der Waals surface area contributed by atoms with Crippen molar-refractivity contribution in [1.29, 1.82) is 0 Å². The molecular formula is C29H33NO5. The Morgan fingerprint density at radius 3 is 2.60 bits per heavy atom. The Hall–Kier alpha value is -2.86. The van der Waals surface area contributed by atoms with Gasteiger partial charge in [-0.1, -0.05) is 42.8 Å². The van der Waals surface area contributed by atoms with Crippen LogP contribution in [0.15, 0.2) is 59.2 Å². The zero-order chi connectivity index (χ0) is 25.0. The zero-order valence-corrected chi connectivity index (χ0v) is 20.5. The van der Waals surface area contributed by atoms with Crippen molar-refractivity contribution >= 4 is 11.6 Å². The van der Waals surface area contributed by atoms with Gasteiger partial charge in [0.05, 0.1) is 6.61 Å². The van der Waals surface area contributed by atoms with E-state index in [4.69, 9.17) is 0 Å². The number of fused-ring (bicyclic) bond motifs is 4. The molecule has 4 aliphatic carbocycles. The fraction of sp³-hybridized carbons (Fsp3) is 0.517. The molecule has 0 saturated heterocycles. The lowest BCUT2D eigenvalue weighted by molar-refractivity contribution is -0.574. The van der Waals surface area contributed by atoms with Crippen molar-refractivity contribution in [3.05, 3.63) is 80.5 Å². The summed E-state index contributed by atoms with van der Waals surface area (Å²) in [6, 6.07) is 7.73. The van der Waals surface area contributed by atoms with Crippen molar-refractivity contribution in [1.82, 2.24) is 0 Å². The Kier molecular flexibility index (Phi) is 5.91. The van der Waals surface area contributed by atoms with Gasteiger partial charge in [-0.2, -0.15) is 0 Å². The van der Waals surface area contributed by atoms with E-state index in [0.29, 0.717) is 24.8 Å². The van der Waals surface area contributed by atoms with Crippen LogP contribution in [0.1, 0.15) is 80.6 Å². The molecule has 0 heterocycles. The van der Waals surface area contributed by atoms with Crippen LogP contribution in [-0.2, 0) is 4.79 Å². The molecule has 3 unspecified atom stereocenters. The molecule has 2 saturated carbocycles. The lowest BCUT2D eigenvalue weighted by Crippen LogP contribution is -2.54. The first-order valence-electron chi connectivity index (χ1n) is 12.7. The number of aliphatic hydroxyl groups excluding tert-OH is 1. The molecule has 0 amide bonds. The highest BCUT2D eigenvalue weighted by Gasteiger charge is 2.69. The number of ketones is 2. The summed E-state index contributed by atoms with van der Waals surface area (Å²) in [6.07, 6.45) is 9.90. The summed E-state index contributed by atoms with van der Waals surface area (Å²) in [7, 11) is 0. The lowest BCUT2D eigenvalue weighted by Gasteiger charge is -2.52. The van der Waals surface area contributed by atoms with Gasteiger partial charge in [0.25, 0.3) is 0 Å². The highest BCUT2D eigenvalue weighted by atomic mass is 16.6. The summed E-state index contributed by atoms with van der Waals surface area (Å²) in [4.78, 5) is 36.6. The molecule has 0 aliphatic heterocycles. The van der Waals surface area contributed by atoms with Gasteiger partial charge in [-0.25, -0.2) is 0 Å². The normalized spacial score (nSPS) is 34.3. The van der Waals surface area contributed by atoms with Crippen LogP contribution in [0, 0.1) is 27.4 Å². The Morgan fingerprint density at radius 1 is 1.20 bits per heavy atom. The number of rotatable bonds is 5. The maximum absolute atomic E-state index is 12.7. The maximum atomic E-state index is 12.7. The van der Waals surface area contributed by atoms with Crippen LogP contribution >= 0.6 is 0 Å². The van der Waals surface area contributed by atoms with Crippen LogP contribution in [-0.4, -0.2) is 33.7 Å². The number of benzene rings is 1. The van der Waals surface area contributed by atoms with Crippen molar-refractivity contribution in [2.75, 3.05) is 6.61 Å². The Morgan fingerprint density at radius 2 is 1.94 bits per heavy atom. The summed E-state index contributed by atoms with van der Waals surface area (Å²) in [6.45, 7) is 3.42. The van der Waals surface area contributed by atoms with Gasteiger partial charge in [0.2, 0.25) is 5.54 Å². The number of nitrogens with zero attached hydrogens (tertiary/aromatic N) is 1. The van der Waals surface area contributed by atoms with Crippen LogP contribution in [0.5, 0.6) is 0 Å². The van der Waals surface area contributed by atoms with Gasteiger partial charge >= 0.3 is 0 Å². The average molecular weight is 476 g/mol. The predicted octanol–water partition coefficient (Wildman–Crippen LogP) is 5.35. The molecule has 2 fully saturated rings.